The molecule has 5 rings (SSSR count). The number of carbonyl (C=O) groups is 3. The van der Waals surface area contributed by atoms with Gasteiger partial charge in [0.2, 0.25) is 5.91 Å². The van der Waals surface area contributed by atoms with Crippen LogP contribution in [0.25, 0.3) is 10.8 Å². The number of benzene rings is 3. The summed E-state index contributed by atoms with van der Waals surface area (Å²) in [5, 5.41) is 7.62. The largest absolute Gasteiger partial charge is 0.486 e. The van der Waals surface area contributed by atoms with E-state index in [2.05, 4.69) is 10.6 Å². The van der Waals surface area contributed by atoms with Crippen molar-refractivity contribution in [3.05, 3.63) is 71.8 Å². The monoisotopic (exact) mass is 459 g/mol. The molecule has 2 atom stereocenters. The first-order valence-corrected chi connectivity index (χ1v) is 11.2. The molecule has 3 aromatic carbocycles. The van der Waals surface area contributed by atoms with Gasteiger partial charge in [-0.05, 0) is 53.9 Å². The Morgan fingerprint density at radius 1 is 1.03 bits per heavy atom. The summed E-state index contributed by atoms with van der Waals surface area (Å²) in [6.45, 7) is 4.09. The van der Waals surface area contributed by atoms with E-state index in [-0.39, 0.29) is 12.6 Å². The fourth-order valence-corrected chi connectivity index (χ4v) is 4.38. The SMILES string of the molecule is C[C@H](NC(=O)CN1C(=O)N[C@](C)(c2ccc3ccccc3c2)C1=O)c1ccc2c(c1)OCCO2. The van der Waals surface area contributed by atoms with E-state index in [1.165, 1.54) is 0 Å². The number of nitrogens with zero attached hydrogens (tertiary/aromatic N) is 1. The van der Waals surface area contributed by atoms with Crippen molar-refractivity contribution in [3.8, 4) is 11.5 Å². The summed E-state index contributed by atoms with van der Waals surface area (Å²) in [5.74, 6) is 0.398. The van der Waals surface area contributed by atoms with Crippen LogP contribution in [0.4, 0.5) is 4.79 Å². The second-order valence-corrected chi connectivity index (χ2v) is 8.70. The number of fused-ring (bicyclic) bond motifs is 2. The Morgan fingerprint density at radius 3 is 2.56 bits per heavy atom. The highest BCUT2D eigenvalue weighted by Gasteiger charge is 2.49. The quantitative estimate of drug-likeness (QED) is 0.571. The van der Waals surface area contributed by atoms with Crippen LogP contribution in [-0.2, 0) is 15.1 Å². The van der Waals surface area contributed by atoms with E-state index in [0.717, 1.165) is 21.2 Å². The maximum Gasteiger partial charge on any atom is 0.325 e. The van der Waals surface area contributed by atoms with Gasteiger partial charge in [0.15, 0.2) is 11.5 Å². The summed E-state index contributed by atoms with van der Waals surface area (Å²) < 4.78 is 11.1. The normalized spacial score (nSPS) is 20.2. The predicted molar refractivity (Wildman–Crippen MR) is 126 cm³/mol. The molecule has 0 aliphatic carbocycles. The van der Waals surface area contributed by atoms with Gasteiger partial charge in [0.1, 0.15) is 25.3 Å². The molecular weight excluding hydrogens is 434 g/mol. The first kappa shape index (κ1) is 21.8. The summed E-state index contributed by atoms with van der Waals surface area (Å²) in [6, 6.07) is 18.0. The summed E-state index contributed by atoms with van der Waals surface area (Å²) in [7, 11) is 0. The number of rotatable bonds is 5. The topological polar surface area (TPSA) is 97.0 Å². The van der Waals surface area contributed by atoms with Gasteiger partial charge in [-0.3, -0.25) is 14.5 Å². The highest BCUT2D eigenvalue weighted by Crippen LogP contribution is 2.33. The Hall–Kier alpha value is -4.07. The van der Waals surface area contributed by atoms with Crippen molar-refractivity contribution < 1.29 is 23.9 Å². The van der Waals surface area contributed by atoms with Gasteiger partial charge in [-0.1, -0.05) is 42.5 Å². The number of ether oxygens (including phenoxy) is 2. The lowest BCUT2D eigenvalue weighted by Crippen LogP contribution is -2.43. The molecule has 174 valence electrons. The van der Waals surface area contributed by atoms with E-state index in [9.17, 15) is 14.4 Å². The van der Waals surface area contributed by atoms with Crippen molar-refractivity contribution in [3.63, 3.8) is 0 Å². The number of imide groups is 1. The van der Waals surface area contributed by atoms with Gasteiger partial charge in [-0.15, -0.1) is 0 Å². The third-order valence-electron chi connectivity index (χ3n) is 6.35. The minimum Gasteiger partial charge on any atom is -0.486 e. The highest BCUT2D eigenvalue weighted by molar-refractivity contribution is 6.09. The van der Waals surface area contributed by atoms with Crippen molar-refractivity contribution in [2.75, 3.05) is 19.8 Å². The summed E-state index contributed by atoms with van der Waals surface area (Å²) in [4.78, 5) is 39.6. The molecule has 1 fully saturated rings. The first-order chi connectivity index (χ1) is 16.3. The van der Waals surface area contributed by atoms with Crippen LogP contribution >= 0.6 is 0 Å². The van der Waals surface area contributed by atoms with Crippen LogP contribution in [0.15, 0.2) is 60.7 Å². The molecule has 4 amide bonds. The van der Waals surface area contributed by atoms with E-state index in [4.69, 9.17) is 9.47 Å². The molecule has 0 bridgehead atoms. The minimum absolute atomic E-state index is 0.351. The second-order valence-electron chi connectivity index (χ2n) is 8.70. The van der Waals surface area contributed by atoms with Crippen LogP contribution in [0.5, 0.6) is 11.5 Å². The maximum atomic E-state index is 13.3. The van der Waals surface area contributed by atoms with E-state index in [1.54, 1.807) is 13.0 Å². The van der Waals surface area contributed by atoms with Gasteiger partial charge >= 0.3 is 6.03 Å². The van der Waals surface area contributed by atoms with Crippen LogP contribution in [0, 0.1) is 0 Å². The molecule has 34 heavy (non-hydrogen) atoms. The van der Waals surface area contributed by atoms with Gasteiger partial charge in [0, 0.05) is 0 Å². The zero-order valence-electron chi connectivity index (χ0n) is 19.0. The molecule has 0 aromatic heterocycles. The van der Waals surface area contributed by atoms with Gasteiger partial charge < -0.3 is 20.1 Å². The van der Waals surface area contributed by atoms with Crippen LogP contribution in [-0.4, -0.2) is 42.5 Å². The number of urea groups is 1. The molecular formula is C26H25N3O5. The molecule has 2 aliphatic rings. The van der Waals surface area contributed by atoms with Crippen molar-refractivity contribution in [1.82, 2.24) is 15.5 Å². The molecule has 2 heterocycles. The number of amides is 4. The summed E-state index contributed by atoms with van der Waals surface area (Å²) in [6.07, 6.45) is 0. The van der Waals surface area contributed by atoms with Crippen molar-refractivity contribution in [2.24, 2.45) is 0 Å². The van der Waals surface area contributed by atoms with Gasteiger partial charge in [0.05, 0.1) is 6.04 Å². The first-order valence-electron chi connectivity index (χ1n) is 11.2. The van der Waals surface area contributed by atoms with Crippen LogP contribution in [0.3, 0.4) is 0 Å². The van der Waals surface area contributed by atoms with E-state index in [0.29, 0.717) is 30.3 Å². The number of nitrogens with one attached hydrogen (secondary N) is 2. The average molecular weight is 460 g/mol. The molecule has 0 spiro atoms. The lowest BCUT2D eigenvalue weighted by Gasteiger charge is -2.23. The molecule has 0 saturated carbocycles. The zero-order chi connectivity index (χ0) is 23.9. The lowest BCUT2D eigenvalue weighted by molar-refractivity contribution is -0.135. The molecule has 3 aromatic rings. The third kappa shape index (κ3) is 3.81. The number of hydrogen-bond donors (Lipinski definition) is 2. The minimum atomic E-state index is -1.25. The Kier molecular flexibility index (Phi) is 5.36. The molecule has 1 saturated heterocycles. The van der Waals surface area contributed by atoms with Gasteiger partial charge in [-0.25, -0.2) is 4.79 Å². The molecule has 0 unspecified atom stereocenters. The Labute approximate surface area is 196 Å². The standard InChI is InChI=1S/C26H25N3O5/c1-16(18-8-10-21-22(14-18)34-12-11-33-21)27-23(30)15-29-24(31)26(2,28-25(29)32)20-9-7-17-5-3-4-6-19(17)13-20/h3-10,13-14,16H,11-12,15H2,1-2H3,(H,27,30)(H,28,32)/t16-,26+/m0/s1. The molecule has 8 nitrogen and oxygen atoms in total. The Balaban J connectivity index is 1.29. The van der Waals surface area contributed by atoms with E-state index in [1.807, 2.05) is 61.5 Å². The molecule has 8 heteroatoms. The van der Waals surface area contributed by atoms with Gasteiger partial charge in [0.25, 0.3) is 5.91 Å². The molecule has 2 N–H and O–H groups in total. The predicted octanol–water partition coefficient (Wildman–Crippen LogP) is 3.26. The Bertz CT molecular complexity index is 1310. The highest BCUT2D eigenvalue weighted by atomic mass is 16.6. The fourth-order valence-electron chi connectivity index (χ4n) is 4.38. The van der Waals surface area contributed by atoms with Crippen molar-refractivity contribution in [1.29, 1.82) is 0 Å². The van der Waals surface area contributed by atoms with Gasteiger partial charge in [-0.2, -0.15) is 0 Å². The lowest BCUT2D eigenvalue weighted by atomic mass is 9.90. The summed E-state index contributed by atoms with van der Waals surface area (Å²) in [5.41, 5.74) is 0.246. The fraction of sp³-hybridized carbons (Fsp3) is 0.269. The third-order valence-corrected chi connectivity index (χ3v) is 6.35. The Morgan fingerprint density at radius 2 is 1.76 bits per heavy atom. The second kappa shape index (κ2) is 8.37. The zero-order valence-corrected chi connectivity index (χ0v) is 19.0. The van der Waals surface area contributed by atoms with E-state index < -0.39 is 23.4 Å². The smallest absolute Gasteiger partial charge is 0.325 e. The molecule has 2 aliphatic heterocycles. The van der Waals surface area contributed by atoms with Crippen LogP contribution < -0.4 is 20.1 Å². The van der Waals surface area contributed by atoms with Crippen molar-refractivity contribution >= 4 is 28.6 Å². The van der Waals surface area contributed by atoms with Crippen LogP contribution in [0.2, 0.25) is 0 Å². The average Bonchev–Trinajstić information content (AvgIpc) is 3.07. The maximum absolute atomic E-state index is 13.3. The van der Waals surface area contributed by atoms with E-state index >= 15 is 0 Å². The molecule has 0 radical (unpaired) electrons. The number of hydrogen-bond acceptors (Lipinski definition) is 5. The van der Waals surface area contributed by atoms with Crippen LogP contribution in [0.1, 0.15) is 31.0 Å². The van der Waals surface area contributed by atoms with Crippen molar-refractivity contribution in [2.45, 2.75) is 25.4 Å². The number of carbonyl (C=O) groups excluding carboxylic acids is 3. The summed E-state index contributed by atoms with van der Waals surface area (Å²) >= 11 is 0.